The van der Waals surface area contributed by atoms with E-state index in [9.17, 15) is 19.8 Å². The van der Waals surface area contributed by atoms with Crippen LogP contribution in [0.5, 0.6) is 0 Å². The van der Waals surface area contributed by atoms with Crippen LogP contribution in [0, 0.1) is 0 Å². The number of carboxylic acids is 2. The van der Waals surface area contributed by atoms with Gasteiger partial charge >= 0.3 is 11.9 Å². The molecule has 0 bridgehead atoms. The summed E-state index contributed by atoms with van der Waals surface area (Å²) < 4.78 is 1.79. The van der Waals surface area contributed by atoms with Crippen LogP contribution >= 0.6 is 11.6 Å². The zero-order valence-electron chi connectivity index (χ0n) is 12.6. The molecule has 120 valence electrons. The lowest BCUT2D eigenvalue weighted by Crippen LogP contribution is -2.18. The van der Waals surface area contributed by atoms with Crippen LogP contribution in [0.3, 0.4) is 0 Å². The van der Waals surface area contributed by atoms with Crippen LogP contribution in [0.15, 0.2) is 18.3 Å². The third-order valence-electron chi connectivity index (χ3n) is 4.29. The summed E-state index contributed by atoms with van der Waals surface area (Å²) in [4.78, 5) is 27.5. The number of rotatable bonds is 3. The monoisotopic (exact) mass is 334 g/mol. The maximum absolute atomic E-state index is 11.8. The van der Waals surface area contributed by atoms with E-state index in [1.165, 1.54) is 6.20 Å². The van der Waals surface area contributed by atoms with Crippen LogP contribution < -0.4 is 0 Å². The zero-order valence-corrected chi connectivity index (χ0v) is 13.4. The van der Waals surface area contributed by atoms with Crippen LogP contribution in [0.25, 0.3) is 11.3 Å². The van der Waals surface area contributed by atoms with Gasteiger partial charge < -0.3 is 14.8 Å². The lowest BCUT2D eigenvalue weighted by atomic mass is 9.85. The molecule has 23 heavy (non-hydrogen) atoms. The van der Waals surface area contributed by atoms with Crippen LogP contribution in [-0.2, 0) is 12.0 Å². The molecule has 3 heterocycles. The van der Waals surface area contributed by atoms with E-state index in [1.54, 1.807) is 16.7 Å². The van der Waals surface area contributed by atoms with Gasteiger partial charge in [-0.3, -0.25) is 0 Å². The number of aromatic nitrogens is 2. The predicted molar refractivity (Wildman–Crippen MR) is 84.2 cm³/mol. The van der Waals surface area contributed by atoms with E-state index in [-0.39, 0.29) is 16.3 Å². The van der Waals surface area contributed by atoms with Gasteiger partial charge in [-0.15, -0.1) is 0 Å². The molecule has 2 N–H and O–H groups in total. The summed E-state index contributed by atoms with van der Waals surface area (Å²) in [6, 6.07) is 3.21. The van der Waals surface area contributed by atoms with Gasteiger partial charge in [0.15, 0.2) is 0 Å². The minimum Gasteiger partial charge on any atom is -0.478 e. The molecule has 0 fully saturated rings. The van der Waals surface area contributed by atoms with Crippen molar-refractivity contribution in [2.24, 2.45) is 0 Å². The number of hydrogen-bond acceptors (Lipinski definition) is 3. The van der Waals surface area contributed by atoms with Crippen molar-refractivity contribution in [3.8, 4) is 11.3 Å². The number of hydrogen-bond donors (Lipinski definition) is 2. The molecule has 0 amide bonds. The number of nitrogens with zero attached hydrogens (tertiary/aromatic N) is 2. The molecule has 0 spiro atoms. The number of carboxylic acid groups (broad SMARTS) is 2. The molecule has 0 unspecified atom stereocenters. The van der Waals surface area contributed by atoms with Gasteiger partial charge in [-0.25, -0.2) is 14.6 Å². The first-order valence-corrected chi connectivity index (χ1v) is 7.47. The summed E-state index contributed by atoms with van der Waals surface area (Å²) in [5, 5.41) is 19.5. The molecule has 0 saturated carbocycles. The number of pyridine rings is 1. The fraction of sp³-hybridized carbons (Fsp3) is 0.312. The van der Waals surface area contributed by atoms with E-state index < -0.39 is 17.4 Å². The molecular weight excluding hydrogens is 320 g/mol. The summed E-state index contributed by atoms with van der Waals surface area (Å²) >= 11 is 5.79. The predicted octanol–water partition coefficient (Wildman–Crippen LogP) is 3.28. The lowest BCUT2D eigenvalue weighted by molar-refractivity contribution is 0.0651. The van der Waals surface area contributed by atoms with Gasteiger partial charge in [-0.1, -0.05) is 25.4 Å². The highest BCUT2D eigenvalue weighted by atomic mass is 35.5. The van der Waals surface area contributed by atoms with Crippen LogP contribution in [0.1, 0.15) is 46.7 Å². The molecular formula is C16H15ClN2O4. The fourth-order valence-corrected chi connectivity index (χ4v) is 3.40. The minimum atomic E-state index is -1.26. The summed E-state index contributed by atoms with van der Waals surface area (Å²) in [6.07, 6.45) is 2.21. The first-order chi connectivity index (χ1) is 10.7. The molecule has 0 atom stereocenters. The Labute approximate surface area is 137 Å². The second-order valence-electron chi connectivity index (χ2n) is 6.21. The van der Waals surface area contributed by atoms with Crippen molar-refractivity contribution in [1.82, 2.24) is 9.55 Å². The third-order valence-corrected chi connectivity index (χ3v) is 4.52. The van der Waals surface area contributed by atoms with E-state index in [1.807, 2.05) is 13.8 Å². The molecule has 2 aromatic heterocycles. The molecule has 7 heteroatoms. The first-order valence-electron chi connectivity index (χ1n) is 7.09. The Bertz CT molecular complexity index is 822. The van der Waals surface area contributed by atoms with Crippen molar-refractivity contribution in [2.45, 2.75) is 32.2 Å². The average Bonchev–Trinajstić information content (AvgIpc) is 2.96. The van der Waals surface area contributed by atoms with Gasteiger partial charge in [0.25, 0.3) is 0 Å². The molecule has 0 aliphatic carbocycles. The first kappa shape index (κ1) is 15.6. The molecule has 1 aliphatic rings. The van der Waals surface area contributed by atoms with Crippen molar-refractivity contribution < 1.29 is 19.8 Å². The van der Waals surface area contributed by atoms with Crippen LogP contribution in [0.2, 0.25) is 5.15 Å². The van der Waals surface area contributed by atoms with Gasteiger partial charge in [0, 0.05) is 29.4 Å². The summed E-state index contributed by atoms with van der Waals surface area (Å²) in [5.41, 5.74) is 0.732. The third kappa shape index (κ3) is 2.30. The number of halogens is 1. The normalized spacial score (nSPS) is 15.4. The highest BCUT2D eigenvalue weighted by Gasteiger charge is 2.41. The molecule has 2 aromatic rings. The smallest absolute Gasteiger partial charge is 0.338 e. The van der Waals surface area contributed by atoms with Gasteiger partial charge in [0.2, 0.25) is 0 Å². The Morgan fingerprint density at radius 1 is 1.22 bits per heavy atom. The fourth-order valence-electron chi connectivity index (χ4n) is 3.29. The van der Waals surface area contributed by atoms with E-state index in [4.69, 9.17) is 11.6 Å². The second-order valence-corrected chi connectivity index (χ2v) is 6.60. The number of fused-ring (bicyclic) bond motifs is 1. The van der Waals surface area contributed by atoms with E-state index in [0.29, 0.717) is 23.5 Å². The van der Waals surface area contributed by atoms with Crippen molar-refractivity contribution >= 4 is 23.5 Å². The maximum Gasteiger partial charge on any atom is 0.338 e. The van der Waals surface area contributed by atoms with Crippen molar-refractivity contribution in [1.29, 1.82) is 0 Å². The zero-order chi connectivity index (χ0) is 16.9. The molecule has 0 saturated heterocycles. The maximum atomic E-state index is 11.8. The molecule has 0 aromatic carbocycles. The second kappa shape index (κ2) is 5.09. The summed E-state index contributed by atoms with van der Waals surface area (Å²) in [7, 11) is 0. The van der Waals surface area contributed by atoms with E-state index in [0.717, 1.165) is 6.42 Å². The van der Waals surface area contributed by atoms with Crippen LogP contribution in [-0.4, -0.2) is 31.7 Å². The van der Waals surface area contributed by atoms with Crippen molar-refractivity contribution in [3.05, 3.63) is 40.3 Å². The van der Waals surface area contributed by atoms with Crippen molar-refractivity contribution in [3.63, 3.8) is 0 Å². The van der Waals surface area contributed by atoms with E-state index in [2.05, 4.69) is 4.98 Å². The standard InChI is InChI=1S/C16H15ClN2O4/c1-16(2)5-6-19-12(8-3-4-9(17)18-7-8)10(14(20)21)11(13(16)19)15(22)23/h3-4,7H,5-6H2,1-2H3,(H,20,21)(H,22,23). The summed E-state index contributed by atoms with van der Waals surface area (Å²) in [6.45, 7) is 4.41. The summed E-state index contributed by atoms with van der Waals surface area (Å²) in [5.74, 6) is -2.49. The molecule has 1 aliphatic heterocycles. The Hall–Kier alpha value is -2.34. The Kier molecular flexibility index (Phi) is 3.44. The molecule has 0 radical (unpaired) electrons. The highest BCUT2D eigenvalue weighted by Crippen LogP contribution is 2.44. The highest BCUT2D eigenvalue weighted by molar-refractivity contribution is 6.29. The SMILES string of the molecule is CC1(C)CCn2c(-c3ccc(Cl)nc3)c(C(=O)O)c(C(=O)O)c21. The number of carbonyl (C=O) groups is 2. The number of aromatic carboxylic acids is 2. The molecule has 6 nitrogen and oxygen atoms in total. The average molecular weight is 335 g/mol. The van der Waals surface area contributed by atoms with Gasteiger partial charge in [-0.2, -0.15) is 0 Å². The van der Waals surface area contributed by atoms with Gasteiger partial charge in [0.1, 0.15) is 10.7 Å². The van der Waals surface area contributed by atoms with E-state index >= 15 is 0 Å². The Morgan fingerprint density at radius 2 is 1.87 bits per heavy atom. The van der Waals surface area contributed by atoms with Crippen molar-refractivity contribution in [2.75, 3.05) is 0 Å². The largest absolute Gasteiger partial charge is 0.478 e. The molecule has 3 rings (SSSR count). The van der Waals surface area contributed by atoms with Gasteiger partial charge in [0.05, 0.1) is 11.3 Å². The quantitative estimate of drug-likeness (QED) is 0.840. The van der Waals surface area contributed by atoms with Gasteiger partial charge in [-0.05, 0) is 18.6 Å². The Balaban J connectivity index is 2.40. The van der Waals surface area contributed by atoms with Crippen LogP contribution in [0.4, 0.5) is 0 Å². The lowest BCUT2D eigenvalue weighted by Gasteiger charge is -2.17. The topological polar surface area (TPSA) is 92.4 Å². The minimum absolute atomic E-state index is 0.134. The Morgan fingerprint density at radius 3 is 2.39 bits per heavy atom.